The summed E-state index contributed by atoms with van der Waals surface area (Å²) in [5.41, 5.74) is -0.767. The molecule has 0 saturated heterocycles. The van der Waals surface area contributed by atoms with Gasteiger partial charge in [0.25, 0.3) is 11.8 Å². The molecule has 0 atom stereocenters. The van der Waals surface area contributed by atoms with Crippen molar-refractivity contribution in [2.24, 2.45) is 0 Å². The van der Waals surface area contributed by atoms with Gasteiger partial charge in [0.05, 0.1) is 22.8 Å². The molecule has 178 valence electrons. The molecule has 4 rings (SSSR count). The third-order valence-electron chi connectivity index (χ3n) is 5.98. The fourth-order valence-corrected chi connectivity index (χ4v) is 4.15. The van der Waals surface area contributed by atoms with Crippen molar-refractivity contribution in [2.45, 2.75) is 45.1 Å². The Balaban J connectivity index is 2.00. The number of aromatic nitrogens is 1. The monoisotopic (exact) mass is 470 g/mol. The predicted octanol–water partition coefficient (Wildman–Crippen LogP) is 3.81. The summed E-state index contributed by atoms with van der Waals surface area (Å²) in [5.74, 6) is -7.18. The number of rotatable bonds is 3. The summed E-state index contributed by atoms with van der Waals surface area (Å²) in [6, 6.07) is 9.49. The van der Waals surface area contributed by atoms with Crippen molar-refractivity contribution in [1.82, 2.24) is 9.88 Å². The van der Waals surface area contributed by atoms with E-state index >= 15 is 0 Å². The van der Waals surface area contributed by atoms with Crippen LogP contribution in [0.2, 0.25) is 0 Å². The molecule has 1 aliphatic rings. The first-order valence-electron chi connectivity index (χ1n) is 10.6. The van der Waals surface area contributed by atoms with Crippen molar-refractivity contribution in [1.29, 1.82) is 0 Å². The van der Waals surface area contributed by atoms with Gasteiger partial charge in [0, 0.05) is 22.7 Å². The second kappa shape index (κ2) is 8.03. The summed E-state index contributed by atoms with van der Waals surface area (Å²) < 4.78 is 32.7. The first-order valence-corrected chi connectivity index (χ1v) is 10.6. The molecule has 3 N–H and O–H groups in total. The molecule has 0 bridgehead atoms. The second-order valence-electron chi connectivity index (χ2n) is 8.98. The van der Waals surface area contributed by atoms with Gasteiger partial charge in [-0.05, 0) is 57.5 Å². The molecule has 2 heterocycles. The highest BCUT2D eigenvalue weighted by molar-refractivity contribution is 6.18. The van der Waals surface area contributed by atoms with Gasteiger partial charge >= 0.3 is 5.97 Å². The SMILES string of the molecule is CC(C)OC(=O)C1=CN(C(=O)c2ccc(F)c(F)c2)C(O)(O)C(C)(C)c2c1[nH]c1ccccc21. The number of nitrogens with zero attached hydrogens (tertiary/aromatic N) is 1. The van der Waals surface area contributed by atoms with E-state index in [-0.39, 0.29) is 16.8 Å². The predicted molar refractivity (Wildman–Crippen MR) is 120 cm³/mol. The lowest BCUT2D eigenvalue weighted by atomic mass is 9.78. The second-order valence-corrected chi connectivity index (χ2v) is 8.98. The molecule has 0 saturated carbocycles. The third-order valence-corrected chi connectivity index (χ3v) is 5.98. The van der Waals surface area contributed by atoms with Crippen LogP contribution in [0.5, 0.6) is 0 Å². The minimum absolute atomic E-state index is 0.131. The maximum absolute atomic E-state index is 13.9. The van der Waals surface area contributed by atoms with Gasteiger partial charge in [0.1, 0.15) is 0 Å². The average molecular weight is 470 g/mol. The van der Waals surface area contributed by atoms with Gasteiger partial charge in [0.2, 0.25) is 0 Å². The molecule has 0 fully saturated rings. The van der Waals surface area contributed by atoms with Gasteiger partial charge in [0.15, 0.2) is 11.6 Å². The molecule has 2 aromatic carbocycles. The molecule has 7 nitrogen and oxygen atoms in total. The Morgan fingerprint density at radius 3 is 2.38 bits per heavy atom. The zero-order valence-electron chi connectivity index (χ0n) is 19.0. The number of hydrogen-bond donors (Lipinski definition) is 3. The molecular weight excluding hydrogens is 446 g/mol. The summed E-state index contributed by atoms with van der Waals surface area (Å²) in [4.78, 5) is 30.1. The summed E-state index contributed by atoms with van der Waals surface area (Å²) in [6.45, 7) is 6.31. The first-order chi connectivity index (χ1) is 15.9. The van der Waals surface area contributed by atoms with Gasteiger partial charge in [-0.15, -0.1) is 0 Å². The van der Waals surface area contributed by atoms with Crippen LogP contribution in [0.4, 0.5) is 8.78 Å². The van der Waals surface area contributed by atoms with E-state index in [1.54, 1.807) is 38.1 Å². The molecule has 0 radical (unpaired) electrons. The van der Waals surface area contributed by atoms with Gasteiger partial charge in [-0.25, -0.2) is 13.6 Å². The molecule has 0 aliphatic carbocycles. The normalized spacial score (nSPS) is 16.7. The standard InChI is InChI=1S/C25H24F2N2O5/c1-13(2)34-23(31)16-12-29(22(30)14-9-10-17(26)18(27)11-14)25(32,33)24(3,4)20-15-7-5-6-8-19(15)28-21(16)20/h5-13,28,32-33H,1-4H3. The largest absolute Gasteiger partial charge is 0.459 e. The number of ether oxygens (including phenoxy) is 1. The highest BCUT2D eigenvalue weighted by atomic mass is 19.2. The Hall–Kier alpha value is -3.56. The Labute approximate surface area is 194 Å². The van der Waals surface area contributed by atoms with Crippen molar-refractivity contribution in [3.63, 3.8) is 0 Å². The molecule has 1 aromatic heterocycles. The maximum Gasteiger partial charge on any atom is 0.342 e. The summed E-state index contributed by atoms with van der Waals surface area (Å²) >= 11 is 0. The van der Waals surface area contributed by atoms with Crippen molar-refractivity contribution in [3.05, 3.63) is 77.1 Å². The van der Waals surface area contributed by atoms with Crippen molar-refractivity contribution >= 4 is 28.4 Å². The highest BCUT2D eigenvalue weighted by Crippen LogP contribution is 2.46. The van der Waals surface area contributed by atoms with Crippen LogP contribution in [0.3, 0.4) is 0 Å². The van der Waals surface area contributed by atoms with E-state index in [1.807, 2.05) is 0 Å². The number of para-hydroxylation sites is 1. The number of H-pyrrole nitrogens is 1. The molecule has 34 heavy (non-hydrogen) atoms. The molecule has 1 amide bonds. The number of fused-ring (bicyclic) bond motifs is 3. The van der Waals surface area contributed by atoms with Crippen molar-refractivity contribution in [3.8, 4) is 0 Å². The summed E-state index contributed by atoms with van der Waals surface area (Å²) in [6.07, 6.45) is 0.470. The lowest BCUT2D eigenvalue weighted by Crippen LogP contribution is -2.60. The smallest absolute Gasteiger partial charge is 0.342 e. The Morgan fingerprint density at radius 1 is 1.06 bits per heavy atom. The maximum atomic E-state index is 13.9. The Bertz CT molecular complexity index is 1340. The van der Waals surface area contributed by atoms with Crippen LogP contribution < -0.4 is 0 Å². The number of benzene rings is 2. The summed E-state index contributed by atoms with van der Waals surface area (Å²) in [7, 11) is 0. The van der Waals surface area contributed by atoms with Crippen molar-refractivity contribution < 1.29 is 33.3 Å². The van der Waals surface area contributed by atoms with Gasteiger partial charge in [-0.1, -0.05) is 18.2 Å². The fraction of sp³-hybridized carbons (Fsp3) is 0.280. The van der Waals surface area contributed by atoms with Crippen LogP contribution in [0.25, 0.3) is 16.5 Å². The number of aliphatic hydroxyl groups is 2. The third kappa shape index (κ3) is 3.57. The number of carbonyl (C=O) groups excluding carboxylic acids is 2. The number of halogens is 2. The number of nitrogens with one attached hydrogen (secondary N) is 1. The van der Waals surface area contributed by atoms with Crippen LogP contribution in [-0.4, -0.2) is 44.0 Å². The lowest BCUT2D eigenvalue weighted by molar-refractivity contribution is -0.269. The van der Waals surface area contributed by atoms with Gasteiger partial charge in [-0.3, -0.25) is 9.69 Å². The molecular formula is C25H24F2N2O5. The van der Waals surface area contributed by atoms with E-state index in [0.29, 0.717) is 27.4 Å². The molecule has 1 aliphatic heterocycles. The quantitative estimate of drug-likeness (QED) is 0.399. The van der Waals surface area contributed by atoms with E-state index < -0.39 is 40.9 Å². The number of carbonyl (C=O) groups is 2. The van der Waals surface area contributed by atoms with Crippen molar-refractivity contribution in [2.75, 3.05) is 0 Å². The van der Waals surface area contributed by atoms with E-state index in [1.165, 1.54) is 13.8 Å². The van der Waals surface area contributed by atoms with E-state index in [4.69, 9.17) is 4.74 Å². The lowest BCUT2D eigenvalue weighted by Gasteiger charge is -2.43. The Kier molecular flexibility index (Phi) is 5.58. The topological polar surface area (TPSA) is 103 Å². The number of esters is 1. The average Bonchev–Trinajstić information content (AvgIpc) is 3.12. The van der Waals surface area contributed by atoms with Crippen LogP contribution in [-0.2, 0) is 14.9 Å². The van der Waals surface area contributed by atoms with Crippen LogP contribution >= 0.6 is 0 Å². The number of amides is 1. The molecule has 9 heteroatoms. The number of aromatic amines is 1. The molecule has 3 aromatic rings. The van der Waals surface area contributed by atoms with Crippen LogP contribution in [0, 0.1) is 11.6 Å². The van der Waals surface area contributed by atoms with E-state index in [0.717, 1.165) is 18.3 Å². The zero-order chi connectivity index (χ0) is 25.0. The van der Waals surface area contributed by atoms with E-state index in [9.17, 15) is 28.6 Å². The minimum atomic E-state index is -2.88. The first kappa shape index (κ1) is 23.6. The molecule has 0 unspecified atom stereocenters. The van der Waals surface area contributed by atoms with Gasteiger partial charge < -0.3 is 19.9 Å². The fourth-order valence-electron chi connectivity index (χ4n) is 4.15. The highest BCUT2D eigenvalue weighted by Gasteiger charge is 2.54. The van der Waals surface area contributed by atoms with E-state index in [2.05, 4.69) is 4.98 Å². The van der Waals surface area contributed by atoms with Crippen LogP contribution in [0.1, 0.15) is 49.3 Å². The van der Waals surface area contributed by atoms with Gasteiger partial charge in [-0.2, -0.15) is 0 Å². The minimum Gasteiger partial charge on any atom is -0.459 e. The van der Waals surface area contributed by atoms with Crippen LogP contribution in [0.15, 0.2) is 48.7 Å². The summed E-state index contributed by atoms with van der Waals surface area (Å²) in [5, 5.41) is 23.4. The Morgan fingerprint density at radius 2 is 1.74 bits per heavy atom. The zero-order valence-corrected chi connectivity index (χ0v) is 19.0. The molecule has 0 spiro atoms. The number of hydrogen-bond acceptors (Lipinski definition) is 5.